The minimum Gasteiger partial charge on any atom is -0.480 e. The van der Waals surface area contributed by atoms with Gasteiger partial charge in [0.15, 0.2) is 0 Å². The van der Waals surface area contributed by atoms with Gasteiger partial charge in [0.2, 0.25) is 0 Å². The largest absolute Gasteiger partial charge is 0.480 e. The molecule has 2 aliphatic heterocycles. The van der Waals surface area contributed by atoms with E-state index in [1.807, 2.05) is 47.2 Å². The van der Waals surface area contributed by atoms with Crippen LogP contribution >= 0.6 is 0 Å². The molecule has 2 aliphatic rings. The van der Waals surface area contributed by atoms with Gasteiger partial charge in [0.25, 0.3) is 5.91 Å². The van der Waals surface area contributed by atoms with Gasteiger partial charge in [-0.05, 0) is 32.0 Å². The van der Waals surface area contributed by atoms with Crippen LogP contribution in [0.4, 0.5) is 0 Å². The van der Waals surface area contributed by atoms with Crippen LogP contribution in [-0.2, 0) is 4.79 Å². The molecular formula is C18H25N3O3. The molecule has 0 bridgehead atoms. The third kappa shape index (κ3) is 3.60. The predicted molar refractivity (Wildman–Crippen MR) is 91.0 cm³/mol. The molecule has 6 nitrogen and oxygen atoms in total. The van der Waals surface area contributed by atoms with Crippen molar-refractivity contribution in [2.45, 2.75) is 24.9 Å². The first kappa shape index (κ1) is 16.9. The van der Waals surface area contributed by atoms with Gasteiger partial charge >= 0.3 is 5.97 Å². The molecule has 1 N–H and O–H groups in total. The van der Waals surface area contributed by atoms with E-state index in [1.54, 1.807) is 0 Å². The number of carboxylic acids is 1. The normalized spacial score (nSPS) is 24.0. The summed E-state index contributed by atoms with van der Waals surface area (Å²) in [6.07, 6.45) is 1.82. The minimum atomic E-state index is -0.751. The molecule has 0 saturated carbocycles. The second-order valence-corrected chi connectivity index (χ2v) is 6.72. The van der Waals surface area contributed by atoms with Crippen LogP contribution in [0.3, 0.4) is 0 Å². The number of hydrogen-bond acceptors (Lipinski definition) is 4. The lowest BCUT2D eigenvalue weighted by Gasteiger charge is -2.44. The highest BCUT2D eigenvalue weighted by molar-refractivity contribution is 5.94. The van der Waals surface area contributed by atoms with Crippen LogP contribution in [0, 0.1) is 0 Å². The Morgan fingerprint density at radius 2 is 1.71 bits per heavy atom. The standard InChI is InChI=1S/C18H25N3O3/c1-19-11-12-21(13-16(19)18(23)24)15-7-9-20(10-8-15)17(22)14-5-3-2-4-6-14/h2-6,15-16H,7-13H2,1H3,(H,23,24)/t16-/m1/s1. The Hall–Kier alpha value is -1.92. The van der Waals surface area contributed by atoms with Gasteiger partial charge in [0, 0.05) is 44.3 Å². The van der Waals surface area contributed by atoms with Gasteiger partial charge in [-0.3, -0.25) is 19.4 Å². The third-order valence-electron chi connectivity index (χ3n) is 5.25. The lowest BCUT2D eigenvalue weighted by molar-refractivity contribution is -0.145. The second-order valence-electron chi connectivity index (χ2n) is 6.72. The molecule has 1 amide bonds. The van der Waals surface area contributed by atoms with Crippen molar-refractivity contribution >= 4 is 11.9 Å². The molecule has 0 aliphatic carbocycles. The van der Waals surface area contributed by atoms with E-state index in [0.29, 0.717) is 12.6 Å². The van der Waals surface area contributed by atoms with Crippen molar-refractivity contribution in [2.75, 3.05) is 39.8 Å². The van der Waals surface area contributed by atoms with E-state index in [9.17, 15) is 14.7 Å². The van der Waals surface area contributed by atoms with Crippen LogP contribution < -0.4 is 0 Å². The number of amides is 1. The van der Waals surface area contributed by atoms with Crippen molar-refractivity contribution in [1.29, 1.82) is 0 Å². The summed E-state index contributed by atoms with van der Waals surface area (Å²) in [6.45, 7) is 3.73. The number of rotatable bonds is 3. The van der Waals surface area contributed by atoms with Gasteiger partial charge in [0.1, 0.15) is 6.04 Å². The molecule has 1 aromatic rings. The fourth-order valence-electron chi connectivity index (χ4n) is 3.69. The molecule has 1 aromatic carbocycles. The zero-order valence-corrected chi connectivity index (χ0v) is 14.1. The van der Waals surface area contributed by atoms with Crippen LogP contribution in [0.15, 0.2) is 30.3 Å². The Kier molecular flexibility index (Phi) is 5.16. The topological polar surface area (TPSA) is 64.1 Å². The average Bonchev–Trinajstić information content (AvgIpc) is 2.62. The van der Waals surface area contributed by atoms with Crippen molar-refractivity contribution < 1.29 is 14.7 Å². The molecule has 0 spiro atoms. The number of piperidine rings is 1. The van der Waals surface area contributed by atoms with E-state index in [4.69, 9.17) is 0 Å². The number of nitrogens with zero attached hydrogens (tertiary/aromatic N) is 3. The Morgan fingerprint density at radius 3 is 2.33 bits per heavy atom. The number of aliphatic carboxylic acids is 1. The maximum Gasteiger partial charge on any atom is 0.322 e. The SMILES string of the molecule is CN1CCN(C2CCN(C(=O)c3ccccc3)CC2)C[C@@H]1C(=O)O. The highest BCUT2D eigenvalue weighted by atomic mass is 16.4. The average molecular weight is 331 g/mol. The van der Waals surface area contributed by atoms with Crippen molar-refractivity contribution in [3.63, 3.8) is 0 Å². The number of benzene rings is 1. The van der Waals surface area contributed by atoms with Crippen molar-refractivity contribution in [3.05, 3.63) is 35.9 Å². The fraction of sp³-hybridized carbons (Fsp3) is 0.556. The van der Waals surface area contributed by atoms with Crippen molar-refractivity contribution in [2.24, 2.45) is 0 Å². The lowest BCUT2D eigenvalue weighted by Crippen LogP contribution is -2.58. The van der Waals surface area contributed by atoms with Gasteiger partial charge in [0.05, 0.1) is 0 Å². The van der Waals surface area contributed by atoms with Gasteiger partial charge < -0.3 is 10.0 Å². The third-order valence-corrected chi connectivity index (χ3v) is 5.25. The van der Waals surface area contributed by atoms with Crippen LogP contribution in [0.5, 0.6) is 0 Å². The number of piperazine rings is 1. The zero-order valence-electron chi connectivity index (χ0n) is 14.1. The summed E-state index contributed by atoms with van der Waals surface area (Å²) in [5, 5.41) is 9.34. The van der Waals surface area contributed by atoms with Crippen LogP contribution in [-0.4, -0.2) is 83.5 Å². The number of carboxylic acid groups (broad SMARTS) is 1. The highest BCUT2D eigenvalue weighted by Gasteiger charge is 2.34. The molecule has 3 rings (SSSR count). The first-order valence-electron chi connectivity index (χ1n) is 8.57. The van der Waals surface area contributed by atoms with Gasteiger partial charge in [-0.15, -0.1) is 0 Å². The fourth-order valence-corrected chi connectivity index (χ4v) is 3.69. The summed E-state index contributed by atoms with van der Waals surface area (Å²) >= 11 is 0. The van der Waals surface area contributed by atoms with E-state index in [0.717, 1.165) is 44.6 Å². The summed E-state index contributed by atoms with van der Waals surface area (Å²) in [5.41, 5.74) is 0.737. The molecule has 1 atom stereocenters. The monoisotopic (exact) mass is 331 g/mol. The smallest absolute Gasteiger partial charge is 0.322 e. The number of likely N-dealkylation sites (N-methyl/N-ethyl adjacent to an activating group) is 1. The summed E-state index contributed by atoms with van der Waals surface area (Å²) in [4.78, 5) is 30.0. The van der Waals surface area contributed by atoms with E-state index >= 15 is 0 Å². The molecule has 6 heteroatoms. The first-order chi connectivity index (χ1) is 11.6. The summed E-state index contributed by atoms with van der Waals surface area (Å²) in [5.74, 6) is -0.658. The van der Waals surface area contributed by atoms with E-state index in [1.165, 1.54) is 0 Å². The second kappa shape index (κ2) is 7.32. The number of carbonyl (C=O) groups excluding carboxylic acids is 1. The maximum atomic E-state index is 12.5. The van der Waals surface area contributed by atoms with Crippen molar-refractivity contribution in [1.82, 2.24) is 14.7 Å². The number of likely N-dealkylation sites (tertiary alicyclic amines) is 1. The van der Waals surface area contributed by atoms with E-state index in [-0.39, 0.29) is 5.91 Å². The van der Waals surface area contributed by atoms with E-state index < -0.39 is 12.0 Å². The molecule has 24 heavy (non-hydrogen) atoms. The lowest BCUT2D eigenvalue weighted by atomic mass is 10.00. The van der Waals surface area contributed by atoms with E-state index in [2.05, 4.69) is 4.90 Å². The van der Waals surface area contributed by atoms with Gasteiger partial charge in [-0.25, -0.2) is 0 Å². The molecular weight excluding hydrogens is 306 g/mol. The molecule has 0 aromatic heterocycles. The molecule has 2 fully saturated rings. The first-order valence-corrected chi connectivity index (χ1v) is 8.57. The Balaban J connectivity index is 1.55. The van der Waals surface area contributed by atoms with Crippen molar-refractivity contribution in [3.8, 4) is 0 Å². The van der Waals surface area contributed by atoms with Crippen LogP contribution in [0.1, 0.15) is 23.2 Å². The Bertz CT molecular complexity index is 584. The summed E-state index contributed by atoms with van der Waals surface area (Å²) in [7, 11) is 1.87. The summed E-state index contributed by atoms with van der Waals surface area (Å²) in [6, 6.07) is 9.34. The molecule has 2 heterocycles. The van der Waals surface area contributed by atoms with Crippen LogP contribution in [0.25, 0.3) is 0 Å². The predicted octanol–water partition coefficient (Wildman–Crippen LogP) is 0.992. The maximum absolute atomic E-state index is 12.5. The minimum absolute atomic E-state index is 0.0934. The Morgan fingerprint density at radius 1 is 1.04 bits per heavy atom. The number of hydrogen-bond donors (Lipinski definition) is 1. The molecule has 0 unspecified atom stereocenters. The molecule has 0 radical (unpaired) electrons. The summed E-state index contributed by atoms with van der Waals surface area (Å²) < 4.78 is 0. The number of carbonyl (C=O) groups is 2. The highest BCUT2D eigenvalue weighted by Crippen LogP contribution is 2.21. The Labute approximate surface area is 142 Å². The quantitative estimate of drug-likeness (QED) is 0.895. The zero-order chi connectivity index (χ0) is 17.1. The molecule has 2 saturated heterocycles. The van der Waals surface area contributed by atoms with Gasteiger partial charge in [-0.2, -0.15) is 0 Å². The molecule has 130 valence electrons. The van der Waals surface area contributed by atoms with Gasteiger partial charge in [-0.1, -0.05) is 18.2 Å². The van der Waals surface area contributed by atoms with Crippen LogP contribution in [0.2, 0.25) is 0 Å².